The second-order valence-corrected chi connectivity index (χ2v) is 5.42. The van der Waals surface area contributed by atoms with Crippen LogP contribution in [-0.2, 0) is 16.1 Å². The molecule has 0 radical (unpaired) electrons. The van der Waals surface area contributed by atoms with Crippen LogP contribution in [0.1, 0.15) is 18.1 Å². The molecule has 2 amide bonds. The van der Waals surface area contributed by atoms with Crippen LogP contribution in [0.15, 0.2) is 18.5 Å². The Morgan fingerprint density at radius 3 is 3.00 bits per heavy atom. The minimum atomic E-state index is -1.10. The Kier molecular flexibility index (Phi) is 4.42. The van der Waals surface area contributed by atoms with Gasteiger partial charge in [0.2, 0.25) is 0 Å². The van der Waals surface area contributed by atoms with Crippen LogP contribution in [0.2, 0.25) is 0 Å². The van der Waals surface area contributed by atoms with Gasteiger partial charge >= 0.3 is 12.0 Å². The summed E-state index contributed by atoms with van der Waals surface area (Å²) in [6.45, 7) is 4.13. The SMILES string of the molecule is Cc1ccncc1CNC(=O)NC1COCC1(C)C(=O)O. The number of amides is 2. The zero-order valence-corrected chi connectivity index (χ0v) is 12.0. The number of pyridine rings is 1. The van der Waals surface area contributed by atoms with Gasteiger partial charge in [-0.25, -0.2) is 4.79 Å². The van der Waals surface area contributed by atoms with Crippen molar-refractivity contribution in [2.75, 3.05) is 13.2 Å². The number of hydrogen-bond donors (Lipinski definition) is 3. The molecule has 1 aliphatic rings. The van der Waals surface area contributed by atoms with Crippen molar-refractivity contribution >= 4 is 12.0 Å². The third-order valence-corrected chi connectivity index (χ3v) is 3.84. The van der Waals surface area contributed by atoms with E-state index in [1.54, 1.807) is 19.3 Å². The lowest BCUT2D eigenvalue weighted by molar-refractivity contribution is -0.148. The number of carbonyl (C=O) groups is 2. The Balaban J connectivity index is 1.90. The number of carboxylic acids is 1. The molecule has 7 heteroatoms. The van der Waals surface area contributed by atoms with E-state index in [0.29, 0.717) is 6.54 Å². The molecule has 0 saturated carbocycles. The van der Waals surface area contributed by atoms with E-state index >= 15 is 0 Å². The highest BCUT2D eigenvalue weighted by Crippen LogP contribution is 2.28. The van der Waals surface area contributed by atoms with Gasteiger partial charge in [-0.05, 0) is 31.0 Å². The molecule has 1 fully saturated rings. The van der Waals surface area contributed by atoms with E-state index in [0.717, 1.165) is 11.1 Å². The summed E-state index contributed by atoms with van der Waals surface area (Å²) < 4.78 is 5.18. The van der Waals surface area contributed by atoms with Crippen molar-refractivity contribution in [2.24, 2.45) is 5.41 Å². The van der Waals surface area contributed by atoms with Gasteiger partial charge in [-0.15, -0.1) is 0 Å². The maximum Gasteiger partial charge on any atom is 0.315 e. The molecular formula is C14H19N3O4. The van der Waals surface area contributed by atoms with Crippen LogP contribution in [0.3, 0.4) is 0 Å². The van der Waals surface area contributed by atoms with E-state index in [1.807, 2.05) is 13.0 Å². The summed E-state index contributed by atoms with van der Waals surface area (Å²) >= 11 is 0. The lowest BCUT2D eigenvalue weighted by Crippen LogP contribution is -2.52. The van der Waals surface area contributed by atoms with Gasteiger partial charge < -0.3 is 20.5 Å². The van der Waals surface area contributed by atoms with Crippen molar-refractivity contribution in [3.8, 4) is 0 Å². The normalized spacial score (nSPS) is 24.6. The lowest BCUT2D eigenvalue weighted by Gasteiger charge is -2.25. The molecule has 0 bridgehead atoms. The number of nitrogens with one attached hydrogen (secondary N) is 2. The van der Waals surface area contributed by atoms with Crippen LogP contribution in [0, 0.1) is 12.3 Å². The minimum Gasteiger partial charge on any atom is -0.481 e. The van der Waals surface area contributed by atoms with Gasteiger partial charge in [-0.2, -0.15) is 0 Å². The van der Waals surface area contributed by atoms with Crippen molar-refractivity contribution in [2.45, 2.75) is 26.4 Å². The summed E-state index contributed by atoms with van der Waals surface area (Å²) in [6.07, 6.45) is 3.38. The molecule has 2 atom stereocenters. The monoisotopic (exact) mass is 293 g/mol. The molecule has 0 aliphatic carbocycles. The maximum absolute atomic E-state index is 11.9. The summed E-state index contributed by atoms with van der Waals surface area (Å²) in [5.74, 6) is -0.978. The zero-order chi connectivity index (χ0) is 15.5. The van der Waals surface area contributed by atoms with E-state index in [2.05, 4.69) is 15.6 Å². The van der Waals surface area contributed by atoms with Crippen LogP contribution >= 0.6 is 0 Å². The Bertz CT molecular complexity index is 549. The Hall–Kier alpha value is -2.15. The lowest BCUT2D eigenvalue weighted by atomic mass is 9.85. The number of aryl methyl sites for hydroxylation is 1. The Morgan fingerprint density at radius 2 is 2.33 bits per heavy atom. The van der Waals surface area contributed by atoms with Gasteiger partial charge in [0.05, 0.1) is 19.3 Å². The summed E-state index contributed by atoms with van der Waals surface area (Å²) in [4.78, 5) is 27.2. The first-order valence-corrected chi connectivity index (χ1v) is 6.68. The van der Waals surface area contributed by atoms with Crippen molar-refractivity contribution in [3.63, 3.8) is 0 Å². The van der Waals surface area contributed by atoms with Crippen LogP contribution in [0.4, 0.5) is 4.79 Å². The number of urea groups is 1. The number of carboxylic acid groups (broad SMARTS) is 1. The molecule has 114 valence electrons. The van der Waals surface area contributed by atoms with Crippen LogP contribution < -0.4 is 10.6 Å². The van der Waals surface area contributed by atoms with Gasteiger partial charge in [0.15, 0.2) is 0 Å². The number of aromatic nitrogens is 1. The van der Waals surface area contributed by atoms with E-state index in [4.69, 9.17) is 4.74 Å². The molecule has 2 rings (SSSR count). The molecule has 21 heavy (non-hydrogen) atoms. The first kappa shape index (κ1) is 15.2. The topological polar surface area (TPSA) is 101 Å². The molecule has 3 N–H and O–H groups in total. The number of ether oxygens (including phenoxy) is 1. The molecule has 2 unspecified atom stereocenters. The van der Waals surface area contributed by atoms with Crippen LogP contribution in [0.5, 0.6) is 0 Å². The standard InChI is InChI=1S/C14H19N3O4/c1-9-3-4-15-5-10(9)6-16-13(20)17-11-7-21-8-14(11,2)12(18)19/h3-5,11H,6-8H2,1-2H3,(H,18,19)(H2,16,17,20). The third kappa shape index (κ3) is 3.30. The third-order valence-electron chi connectivity index (χ3n) is 3.84. The maximum atomic E-state index is 11.9. The quantitative estimate of drug-likeness (QED) is 0.758. The molecule has 2 heterocycles. The van der Waals surface area contributed by atoms with E-state index in [1.165, 1.54) is 0 Å². The van der Waals surface area contributed by atoms with Gasteiger partial charge in [0.25, 0.3) is 0 Å². The number of hydrogen-bond acceptors (Lipinski definition) is 4. The van der Waals surface area contributed by atoms with Gasteiger partial charge in [-0.1, -0.05) is 0 Å². The summed E-state index contributed by atoms with van der Waals surface area (Å²) in [7, 11) is 0. The minimum absolute atomic E-state index is 0.0923. The predicted octanol–water partition coefficient (Wildman–Crippen LogP) is 0.679. The summed E-state index contributed by atoms with van der Waals surface area (Å²) in [6, 6.07) is 0.896. The molecule has 1 aromatic rings. The number of rotatable bonds is 4. The van der Waals surface area contributed by atoms with Crippen molar-refractivity contribution < 1.29 is 19.4 Å². The van der Waals surface area contributed by atoms with E-state index in [9.17, 15) is 14.7 Å². The van der Waals surface area contributed by atoms with Crippen LogP contribution in [-0.4, -0.2) is 41.3 Å². The smallest absolute Gasteiger partial charge is 0.315 e. The second-order valence-electron chi connectivity index (χ2n) is 5.42. The molecule has 1 saturated heterocycles. The van der Waals surface area contributed by atoms with Gasteiger partial charge in [0, 0.05) is 18.9 Å². The molecule has 0 aromatic carbocycles. The largest absolute Gasteiger partial charge is 0.481 e. The predicted molar refractivity (Wildman–Crippen MR) is 74.7 cm³/mol. The number of carbonyl (C=O) groups excluding carboxylic acids is 1. The van der Waals surface area contributed by atoms with Crippen molar-refractivity contribution in [3.05, 3.63) is 29.6 Å². The fourth-order valence-electron chi connectivity index (χ4n) is 2.15. The number of aliphatic carboxylic acids is 1. The Morgan fingerprint density at radius 1 is 1.57 bits per heavy atom. The highest BCUT2D eigenvalue weighted by atomic mass is 16.5. The van der Waals surface area contributed by atoms with Crippen molar-refractivity contribution in [1.29, 1.82) is 0 Å². The Labute approximate surface area is 122 Å². The van der Waals surface area contributed by atoms with Crippen molar-refractivity contribution in [1.82, 2.24) is 15.6 Å². The highest BCUT2D eigenvalue weighted by molar-refractivity contribution is 5.79. The summed E-state index contributed by atoms with van der Waals surface area (Å²) in [5.41, 5.74) is 0.850. The molecule has 1 aliphatic heterocycles. The van der Waals surface area contributed by atoms with E-state index < -0.39 is 23.5 Å². The van der Waals surface area contributed by atoms with Gasteiger partial charge in [0.1, 0.15) is 5.41 Å². The molecule has 7 nitrogen and oxygen atoms in total. The van der Waals surface area contributed by atoms with Crippen LogP contribution in [0.25, 0.3) is 0 Å². The fraction of sp³-hybridized carbons (Fsp3) is 0.500. The average molecular weight is 293 g/mol. The zero-order valence-electron chi connectivity index (χ0n) is 12.0. The number of nitrogens with zero attached hydrogens (tertiary/aromatic N) is 1. The highest BCUT2D eigenvalue weighted by Gasteiger charge is 2.47. The second kappa shape index (κ2) is 6.09. The first-order valence-electron chi connectivity index (χ1n) is 6.68. The van der Waals surface area contributed by atoms with E-state index in [-0.39, 0.29) is 13.2 Å². The fourth-order valence-corrected chi connectivity index (χ4v) is 2.15. The molecule has 1 aromatic heterocycles. The summed E-state index contributed by atoms with van der Waals surface area (Å²) in [5, 5.41) is 14.6. The first-order chi connectivity index (χ1) is 9.93. The average Bonchev–Trinajstić information content (AvgIpc) is 2.81. The van der Waals surface area contributed by atoms with Gasteiger partial charge in [-0.3, -0.25) is 9.78 Å². The molecular weight excluding hydrogens is 274 g/mol. The molecule has 0 spiro atoms.